The molecule has 2 heterocycles. The lowest BCUT2D eigenvalue weighted by Crippen LogP contribution is -2.24. The molecule has 0 saturated heterocycles. The van der Waals surface area contributed by atoms with Crippen molar-refractivity contribution in [3.05, 3.63) is 45.2 Å². The predicted octanol–water partition coefficient (Wildman–Crippen LogP) is 0.192. The summed E-state index contributed by atoms with van der Waals surface area (Å²) in [5.41, 5.74) is 5.30. The van der Waals surface area contributed by atoms with Crippen LogP contribution >= 0.6 is 0 Å². The molecular weight excluding hydrogens is 328 g/mol. The summed E-state index contributed by atoms with van der Waals surface area (Å²) in [5, 5.41) is 11.5. The number of benzene rings is 1. The Bertz CT molecular complexity index is 1030. The van der Waals surface area contributed by atoms with E-state index in [1.807, 2.05) is 6.07 Å². The molecule has 0 aliphatic carbocycles. The number of fused-ring (bicyclic) bond motifs is 1. The molecule has 0 radical (unpaired) electrons. The van der Waals surface area contributed by atoms with Crippen LogP contribution in [-0.2, 0) is 0 Å². The number of nitrogens with two attached hydrogens (primary N) is 1. The summed E-state index contributed by atoms with van der Waals surface area (Å²) in [6.45, 7) is 0. The van der Waals surface area contributed by atoms with Crippen molar-refractivity contribution in [2.75, 3.05) is 20.0 Å². The van der Waals surface area contributed by atoms with Crippen molar-refractivity contribution >= 4 is 17.6 Å². The number of carbonyl (C=O) groups is 2. The lowest BCUT2D eigenvalue weighted by atomic mass is 10.1. The molecule has 0 atom stereocenters. The number of aromatic nitrogens is 1. The summed E-state index contributed by atoms with van der Waals surface area (Å²) < 4.78 is 11.3. The molecule has 0 saturated carbocycles. The third-order valence-corrected chi connectivity index (χ3v) is 3.82. The summed E-state index contributed by atoms with van der Waals surface area (Å²) in [5.74, 6) is -1.07. The van der Waals surface area contributed by atoms with Crippen molar-refractivity contribution in [1.82, 2.24) is 9.88 Å². The number of anilines is 1. The number of hydrogen-bond donors (Lipinski definition) is 2. The number of nitrogens with one attached hydrogen (secondary N) is 1. The molecule has 25 heavy (non-hydrogen) atoms. The lowest BCUT2D eigenvalue weighted by molar-refractivity contribution is 0.0880. The maximum atomic E-state index is 12.5. The Morgan fingerprint density at radius 1 is 1.08 bits per heavy atom. The first-order valence-electron chi connectivity index (χ1n) is 7.00. The molecule has 1 aliphatic rings. The van der Waals surface area contributed by atoms with Crippen LogP contribution in [0.3, 0.4) is 0 Å². The third kappa shape index (κ3) is 2.28. The highest BCUT2D eigenvalue weighted by Crippen LogP contribution is 2.33. The van der Waals surface area contributed by atoms with E-state index in [0.717, 1.165) is 10.6 Å². The Balaban J connectivity index is 2.38. The van der Waals surface area contributed by atoms with Gasteiger partial charge < -0.3 is 15.2 Å². The monoisotopic (exact) mass is 340 g/mol. The first-order valence-corrected chi connectivity index (χ1v) is 7.00. The minimum absolute atomic E-state index is 0.0798. The van der Waals surface area contributed by atoms with Gasteiger partial charge in [0.05, 0.1) is 36.6 Å². The fraction of sp³-hybridized carbons (Fsp3) is 0.125. The molecule has 3 rings (SSSR count). The average Bonchev–Trinajstić information content (AvgIpc) is 2.88. The van der Waals surface area contributed by atoms with Crippen molar-refractivity contribution in [2.24, 2.45) is 0 Å². The molecule has 0 unspecified atom stereocenters. The summed E-state index contributed by atoms with van der Waals surface area (Å²) >= 11 is 0. The molecule has 1 aromatic heterocycles. The Labute approximate surface area is 141 Å². The van der Waals surface area contributed by atoms with Gasteiger partial charge in [0.15, 0.2) is 11.5 Å². The van der Waals surface area contributed by atoms with Crippen molar-refractivity contribution < 1.29 is 19.1 Å². The van der Waals surface area contributed by atoms with E-state index in [9.17, 15) is 19.6 Å². The summed E-state index contributed by atoms with van der Waals surface area (Å²) in [6, 6.07) is 5.73. The Hall–Kier alpha value is -3.80. The van der Waals surface area contributed by atoms with E-state index in [0.29, 0.717) is 5.75 Å². The smallest absolute Gasteiger partial charge is 0.262 e. The zero-order valence-electron chi connectivity index (χ0n) is 13.2. The second-order valence-corrected chi connectivity index (χ2v) is 5.11. The van der Waals surface area contributed by atoms with Crippen LogP contribution in [0.25, 0.3) is 5.69 Å². The molecule has 3 N–H and O–H groups in total. The quantitative estimate of drug-likeness (QED) is 0.761. The zero-order chi connectivity index (χ0) is 18.3. The van der Waals surface area contributed by atoms with E-state index < -0.39 is 17.4 Å². The summed E-state index contributed by atoms with van der Waals surface area (Å²) in [7, 11) is 2.80. The van der Waals surface area contributed by atoms with Gasteiger partial charge in [-0.1, -0.05) is 0 Å². The fourth-order valence-corrected chi connectivity index (χ4v) is 2.67. The molecule has 2 aromatic rings. The number of nitrogens with zero attached hydrogens (tertiary/aromatic N) is 2. The number of carbonyl (C=O) groups excluding carboxylic acids is 2. The van der Waals surface area contributed by atoms with Crippen molar-refractivity contribution in [2.45, 2.75) is 0 Å². The van der Waals surface area contributed by atoms with Gasteiger partial charge in [0, 0.05) is 18.2 Å². The molecule has 9 nitrogen and oxygen atoms in total. The van der Waals surface area contributed by atoms with E-state index in [4.69, 9.17) is 15.2 Å². The van der Waals surface area contributed by atoms with Gasteiger partial charge in [-0.3, -0.25) is 24.3 Å². The number of rotatable bonds is 3. The van der Waals surface area contributed by atoms with Gasteiger partial charge in [0.1, 0.15) is 11.9 Å². The molecular formula is C16H12N4O5. The fourth-order valence-electron chi connectivity index (χ4n) is 2.67. The van der Waals surface area contributed by atoms with Crippen LogP contribution < -0.4 is 26.1 Å². The Morgan fingerprint density at radius 3 is 2.32 bits per heavy atom. The van der Waals surface area contributed by atoms with Crippen LogP contribution in [0.1, 0.15) is 26.3 Å². The second-order valence-electron chi connectivity index (χ2n) is 5.11. The van der Waals surface area contributed by atoms with Gasteiger partial charge in [-0.05, 0) is 0 Å². The zero-order valence-corrected chi connectivity index (χ0v) is 13.2. The average molecular weight is 340 g/mol. The highest BCUT2D eigenvalue weighted by atomic mass is 16.5. The van der Waals surface area contributed by atoms with E-state index >= 15 is 0 Å². The number of methoxy groups -OCH3 is 2. The van der Waals surface area contributed by atoms with Crippen LogP contribution in [0.4, 0.5) is 5.82 Å². The minimum atomic E-state index is -0.703. The van der Waals surface area contributed by atoms with E-state index in [1.54, 1.807) is 0 Å². The van der Waals surface area contributed by atoms with E-state index in [-0.39, 0.29) is 33.9 Å². The third-order valence-electron chi connectivity index (χ3n) is 3.82. The van der Waals surface area contributed by atoms with Crippen LogP contribution in [0.15, 0.2) is 23.0 Å². The topological polar surface area (TPSA) is 136 Å². The van der Waals surface area contributed by atoms with Gasteiger partial charge in [-0.15, -0.1) is 0 Å². The number of imide groups is 1. The first kappa shape index (κ1) is 16.1. The molecule has 0 fully saturated rings. The first-order chi connectivity index (χ1) is 11.9. The van der Waals surface area contributed by atoms with Crippen molar-refractivity contribution in [3.63, 3.8) is 0 Å². The van der Waals surface area contributed by atoms with Gasteiger partial charge in [-0.25, -0.2) is 0 Å². The van der Waals surface area contributed by atoms with Crippen LogP contribution in [0, 0.1) is 11.3 Å². The molecule has 2 amide bonds. The van der Waals surface area contributed by atoms with Crippen LogP contribution in [0.2, 0.25) is 0 Å². The normalized spacial score (nSPS) is 12.4. The molecule has 1 aliphatic heterocycles. The van der Waals surface area contributed by atoms with Gasteiger partial charge in [0.2, 0.25) is 0 Å². The molecule has 9 heteroatoms. The minimum Gasteiger partial charge on any atom is -0.493 e. The van der Waals surface area contributed by atoms with Crippen molar-refractivity contribution in [3.8, 4) is 23.3 Å². The largest absolute Gasteiger partial charge is 0.493 e. The number of nitrogen functional groups attached to an aromatic ring is 1. The number of amides is 2. The highest BCUT2D eigenvalue weighted by molar-refractivity contribution is 6.23. The summed E-state index contributed by atoms with van der Waals surface area (Å²) in [6.07, 6.45) is 0. The maximum absolute atomic E-state index is 12.5. The summed E-state index contributed by atoms with van der Waals surface area (Å²) in [4.78, 5) is 36.1. The predicted molar refractivity (Wildman–Crippen MR) is 86.1 cm³/mol. The molecule has 126 valence electrons. The highest BCUT2D eigenvalue weighted by Gasteiger charge is 2.32. The number of hydrogen-bond acceptors (Lipinski definition) is 7. The standard InChI is InChI=1S/C16H12N4O5/c1-24-10-3-7(6-17)9(5-11(10)25-2)20-12(21)4-8-13(14(20)18)16(23)19-15(8)22/h3-5H,18H2,1-2H3,(H,19,22,23). The number of nitriles is 1. The molecule has 0 spiro atoms. The SMILES string of the molecule is COc1cc(C#N)c(-n2c(N)c3c(cc2=O)C(=O)NC3=O)cc1OC. The van der Waals surface area contributed by atoms with Crippen LogP contribution in [-0.4, -0.2) is 30.6 Å². The van der Waals surface area contributed by atoms with Gasteiger partial charge in [-0.2, -0.15) is 5.26 Å². The van der Waals surface area contributed by atoms with E-state index in [1.165, 1.54) is 26.4 Å². The maximum Gasteiger partial charge on any atom is 0.262 e. The van der Waals surface area contributed by atoms with E-state index in [2.05, 4.69) is 5.32 Å². The van der Waals surface area contributed by atoms with Crippen molar-refractivity contribution in [1.29, 1.82) is 5.26 Å². The Morgan fingerprint density at radius 2 is 1.72 bits per heavy atom. The second kappa shape index (κ2) is 5.68. The number of ether oxygens (including phenoxy) is 2. The van der Waals surface area contributed by atoms with Gasteiger partial charge >= 0.3 is 0 Å². The molecule has 1 aromatic carbocycles. The van der Waals surface area contributed by atoms with Crippen LogP contribution in [0.5, 0.6) is 11.5 Å². The number of pyridine rings is 1. The van der Waals surface area contributed by atoms with Gasteiger partial charge in [0.25, 0.3) is 17.4 Å². The lowest BCUT2D eigenvalue weighted by Gasteiger charge is -2.16. The molecule has 0 bridgehead atoms. The Kier molecular flexibility index (Phi) is 3.65.